The number of aromatic nitrogens is 2. The van der Waals surface area contributed by atoms with Gasteiger partial charge in [0.05, 0.1) is 11.1 Å². The quantitative estimate of drug-likeness (QED) is 0.838. The first-order chi connectivity index (χ1) is 11.0. The first-order valence-electron chi connectivity index (χ1n) is 8.68. The van der Waals surface area contributed by atoms with E-state index in [0.29, 0.717) is 12.5 Å². The predicted molar refractivity (Wildman–Crippen MR) is 90.1 cm³/mol. The third-order valence-electron chi connectivity index (χ3n) is 5.54. The van der Waals surface area contributed by atoms with Crippen molar-refractivity contribution in [3.8, 4) is 0 Å². The van der Waals surface area contributed by atoms with Gasteiger partial charge in [0.15, 0.2) is 0 Å². The molecule has 6 heteroatoms. The fourth-order valence-corrected chi connectivity index (χ4v) is 4.26. The maximum absolute atomic E-state index is 12.9. The van der Waals surface area contributed by atoms with Gasteiger partial charge in [-0.2, -0.15) is 5.10 Å². The van der Waals surface area contributed by atoms with Gasteiger partial charge in [-0.3, -0.25) is 9.48 Å². The van der Waals surface area contributed by atoms with Gasteiger partial charge >= 0.3 is 0 Å². The molecule has 0 unspecified atom stereocenters. The number of amides is 1. The molecule has 0 saturated carbocycles. The van der Waals surface area contributed by atoms with E-state index >= 15 is 0 Å². The van der Waals surface area contributed by atoms with Crippen LogP contribution in [0.1, 0.15) is 30.3 Å². The average Bonchev–Trinajstić information content (AvgIpc) is 3.10. The van der Waals surface area contributed by atoms with Gasteiger partial charge in [0.25, 0.3) is 0 Å². The van der Waals surface area contributed by atoms with Crippen LogP contribution in [0.3, 0.4) is 0 Å². The van der Waals surface area contributed by atoms with Crippen LogP contribution < -0.4 is 10.6 Å². The third kappa shape index (κ3) is 2.78. The van der Waals surface area contributed by atoms with E-state index in [1.165, 1.54) is 5.69 Å². The molecule has 0 bridgehead atoms. The van der Waals surface area contributed by atoms with Gasteiger partial charge < -0.3 is 15.5 Å². The molecule has 1 aromatic rings. The Morgan fingerprint density at radius 3 is 3.00 bits per heavy atom. The van der Waals surface area contributed by atoms with Gasteiger partial charge in [-0.05, 0) is 27.3 Å². The minimum Gasteiger partial charge on any atom is -0.351 e. The first kappa shape index (κ1) is 16.5. The Kier molecular flexibility index (Phi) is 4.47. The molecule has 2 aliphatic rings. The zero-order valence-corrected chi connectivity index (χ0v) is 14.8. The van der Waals surface area contributed by atoms with Crippen LogP contribution in [0.25, 0.3) is 0 Å². The highest BCUT2D eigenvalue weighted by atomic mass is 16.2. The number of nitrogens with zero attached hydrogens (tertiary/aromatic N) is 3. The van der Waals surface area contributed by atoms with E-state index in [1.54, 1.807) is 0 Å². The highest BCUT2D eigenvalue weighted by molar-refractivity contribution is 5.84. The van der Waals surface area contributed by atoms with Crippen LogP contribution >= 0.6 is 0 Å². The largest absolute Gasteiger partial charge is 0.351 e. The van der Waals surface area contributed by atoms with E-state index in [9.17, 15) is 4.79 Å². The number of hydrogen-bond acceptors (Lipinski definition) is 4. The van der Waals surface area contributed by atoms with Crippen molar-refractivity contribution in [2.75, 3.05) is 33.2 Å². The summed E-state index contributed by atoms with van der Waals surface area (Å²) in [6.45, 7) is 11.4. The summed E-state index contributed by atoms with van der Waals surface area (Å²) in [6, 6.07) is 0. The maximum Gasteiger partial charge on any atom is 0.229 e. The van der Waals surface area contributed by atoms with Gasteiger partial charge in [0.2, 0.25) is 5.91 Å². The summed E-state index contributed by atoms with van der Waals surface area (Å²) in [6.07, 6.45) is 1.07. The summed E-state index contributed by atoms with van der Waals surface area (Å²) in [4.78, 5) is 15.2. The lowest BCUT2D eigenvalue weighted by Gasteiger charge is -2.26. The molecule has 23 heavy (non-hydrogen) atoms. The second kappa shape index (κ2) is 6.24. The van der Waals surface area contributed by atoms with Gasteiger partial charge in [-0.15, -0.1) is 0 Å². The number of fused-ring (bicyclic) bond motifs is 1. The molecule has 2 atom stereocenters. The summed E-state index contributed by atoms with van der Waals surface area (Å²) in [7, 11) is 2.11. The molecular formula is C17H29N5O. The first-order valence-corrected chi connectivity index (χ1v) is 8.68. The number of aryl methyl sites for hydroxylation is 2. The van der Waals surface area contributed by atoms with Crippen molar-refractivity contribution < 1.29 is 4.79 Å². The molecule has 3 rings (SSSR count). The monoisotopic (exact) mass is 319 g/mol. The molecule has 0 spiro atoms. The lowest BCUT2D eigenvalue weighted by molar-refractivity contribution is -0.130. The second-order valence-electron chi connectivity index (χ2n) is 7.24. The van der Waals surface area contributed by atoms with Crippen LogP contribution in [-0.4, -0.2) is 53.8 Å². The number of likely N-dealkylation sites (tertiary alicyclic amines) is 1. The summed E-state index contributed by atoms with van der Waals surface area (Å²) < 4.78 is 2.05. The Morgan fingerprint density at radius 1 is 1.48 bits per heavy atom. The van der Waals surface area contributed by atoms with Crippen LogP contribution in [0, 0.1) is 25.2 Å². The maximum atomic E-state index is 12.9. The number of rotatable bonds is 5. The van der Waals surface area contributed by atoms with Crippen LogP contribution in [0.5, 0.6) is 0 Å². The summed E-state index contributed by atoms with van der Waals surface area (Å²) in [5.41, 5.74) is 3.11. The minimum atomic E-state index is -0.254. The van der Waals surface area contributed by atoms with E-state index in [0.717, 1.165) is 50.4 Å². The predicted octanol–water partition coefficient (Wildman–Crippen LogP) is 0.677. The molecule has 2 N–H and O–H groups in total. The Hall–Kier alpha value is -1.40. The lowest BCUT2D eigenvalue weighted by atomic mass is 9.80. The zero-order chi connectivity index (χ0) is 16.6. The third-order valence-corrected chi connectivity index (χ3v) is 5.54. The summed E-state index contributed by atoms with van der Waals surface area (Å²) in [5, 5.41) is 11.2. The molecule has 6 nitrogen and oxygen atoms in total. The van der Waals surface area contributed by atoms with Gasteiger partial charge in [-0.1, -0.05) is 6.92 Å². The number of hydrogen-bond donors (Lipinski definition) is 2. The molecule has 0 aromatic carbocycles. The molecule has 3 heterocycles. The van der Waals surface area contributed by atoms with Crippen LogP contribution in [0.2, 0.25) is 0 Å². The average molecular weight is 319 g/mol. The van der Waals surface area contributed by atoms with Gasteiger partial charge in [-0.25, -0.2) is 0 Å². The second-order valence-corrected chi connectivity index (χ2v) is 7.24. The number of nitrogens with one attached hydrogen (secondary N) is 2. The van der Waals surface area contributed by atoms with E-state index in [1.807, 2.05) is 6.92 Å². The van der Waals surface area contributed by atoms with Crippen LogP contribution in [0.4, 0.5) is 0 Å². The Morgan fingerprint density at radius 2 is 2.26 bits per heavy atom. The SMILES string of the molecule is CCCn1nc(C)c(CNC(=O)[C@]23CNC[C@H]2CN(C)C3)c1C. The summed E-state index contributed by atoms with van der Waals surface area (Å²) in [5.74, 6) is 0.622. The lowest BCUT2D eigenvalue weighted by Crippen LogP contribution is -2.47. The molecule has 2 aliphatic heterocycles. The van der Waals surface area contributed by atoms with E-state index < -0.39 is 0 Å². The minimum absolute atomic E-state index is 0.193. The molecule has 2 saturated heterocycles. The topological polar surface area (TPSA) is 62.2 Å². The van der Waals surface area contributed by atoms with Crippen molar-refractivity contribution in [2.45, 2.75) is 40.3 Å². The van der Waals surface area contributed by atoms with Crippen molar-refractivity contribution in [1.29, 1.82) is 0 Å². The highest BCUT2D eigenvalue weighted by Gasteiger charge is 2.53. The Balaban J connectivity index is 1.70. The molecule has 0 radical (unpaired) electrons. The Bertz CT molecular complexity index is 596. The normalized spacial score (nSPS) is 27.4. The summed E-state index contributed by atoms with van der Waals surface area (Å²) >= 11 is 0. The molecule has 2 fully saturated rings. The Labute approximate surface area is 138 Å². The zero-order valence-electron chi connectivity index (χ0n) is 14.8. The van der Waals surface area contributed by atoms with Crippen molar-refractivity contribution in [2.24, 2.45) is 11.3 Å². The van der Waals surface area contributed by atoms with Crippen molar-refractivity contribution in [1.82, 2.24) is 25.3 Å². The van der Waals surface area contributed by atoms with E-state index in [4.69, 9.17) is 0 Å². The smallest absolute Gasteiger partial charge is 0.229 e. The highest BCUT2D eigenvalue weighted by Crippen LogP contribution is 2.38. The van der Waals surface area contributed by atoms with Crippen LogP contribution in [-0.2, 0) is 17.9 Å². The van der Waals surface area contributed by atoms with Gasteiger partial charge in [0.1, 0.15) is 0 Å². The fourth-order valence-electron chi connectivity index (χ4n) is 4.26. The van der Waals surface area contributed by atoms with E-state index in [2.05, 4.69) is 46.2 Å². The van der Waals surface area contributed by atoms with Crippen molar-refractivity contribution in [3.63, 3.8) is 0 Å². The van der Waals surface area contributed by atoms with Crippen molar-refractivity contribution in [3.05, 3.63) is 17.0 Å². The van der Waals surface area contributed by atoms with Crippen molar-refractivity contribution >= 4 is 5.91 Å². The number of carbonyl (C=O) groups is 1. The molecule has 128 valence electrons. The number of carbonyl (C=O) groups excluding carboxylic acids is 1. The molecule has 0 aliphatic carbocycles. The fraction of sp³-hybridized carbons (Fsp3) is 0.765. The molecular weight excluding hydrogens is 290 g/mol. The van der Waals surface area contributed by atoms with E-state index in [-0.39, 0.29) is 11.3 Å². The van der Waals surface area contributed by atoms with Crippen LogP contribution in [0.15, 0.2) is 0 Å². The molecule has 1 amide bonds. The standard InChI is InChI=1S/C17H29N5O/c1-5-6-22-13(3)15(12(2)20-22)8-19-16(23)17-10-18-7-14(17)9-21(4)11-17/h14,18H,5-11H2,1-4H3,(H,19,23)/t14-,17-/m0/s1. The van der Waals surface area contributed by atoms with Gasteiger partial charge in [0, 0.05) is 56.4 Å². The molecule has 1 aromatic heterocycles.